The van der Waals surface area contributed by atoms with Gasteiger partial charge in [-0.1, -0.05) is 0 Å². The van der Waals surface area contributed by atoms with E-state index in [9.17, 15) is 9.59 Å². The number of primary amides is 1. The summed E-state index contributed by atoms with van der Waals surface area (Å²) in [5.41, 5.74) is 5.68. The van der Waals surface area contributed by atoms with Crippen LogP contribution in [0.1, 0.15) is 42.6 Å². The number of anilines is 1. The second kappa shape index (κ2) is 6.93. The Morgan fingerprint density at radius 3 is 2.26 bits per heavy atom. The van der Waals surface area contributed by atoms with E-state index in [2.05, 4.69) is 15.1 Å². The number of aromatic nitrogens is 2. The number of amides is 2. The zero-order chi connectivity index (χ0) is 16.2. The standard InChI is InChI=1S/C16H23N5O2/c17-15(22)12-6-10-21(11-7-12)16(23)13-4-5-14(19-18-13)20-8-2-1-3-9-20/h4-5,12H,1-3,6-11H2,(H2,17,22). The first-order chi connectivity index (χ1) is 11.1. The summed E-state index contributed by atoms with van der Waals surface area (Å²) in [6, 6.07) is 3.63. The monoisotopic (exact) mass is 317 g/mol. The van der Waals surface area contributed by atoms with E-state index in [1.807, 2.05) is 6.07 Å². The molecule has 2 aliphatic rings. The Hall–Kier alpha value is -2.18. The van der Waals surface area contributed by atoms with Gasteiger partial charge in [0.1, 0.15) is 0 Å². The second-order valence-corrected chi connectivity index (χ2v) is 6.29. The fourth-order valence-electron chi connectivity index (χ4n) is 3.26. The van der Waals surface area contributed by atoms with Crippen LogP contribution in [-0.4, -0.2) is 53.1 Å². The SMILES string of the molecule is NC(=O)C1CCN(C(=O)c2ccc(N3CCCCC3)nn2)CC1. The maximum atomic E-state index is 12.5. The molecule has 0 aromatic carbocycles. The van der Waals surface area contributed by atoms with Crippen LogP contribution in [-0.2, 0) is 4.79 Å². The van der Waals surface area contributed by atoms with Gasteiger partial charge in [0, 0.05) is 32.1 Å². The van der Waals surface area contributed by atoms with Crippen LogP contribution < -0.4 is 10.6 Å². The molecule has 7 heteroatoms. The highest BCUT2D eigenvalue weighted by Gasteiger charge is 2.27. The molecule has 2 amide bonds. The Balaban J connectivity index is 1.60. The summed E-state index contributed by atoms with van der Waals surface area (Å²) in [5.74, 6) is 0.327. The summed E-state index contributed by atoms with van der Waals surface area (Å²) >= 11 is 0. The Kier molecular flexibility index (Phi) is 4.73. The highest BCUT2D eigenvalue weighted by molar-refractivity contribution is 5.92. The maximum Gasteiger partial charge on any atom is 0.274 e. The molecule has 2 fully saturated rings. The van der Waals surface area contributed by atoms with Gasteiger partial charge in [-0.05, 0) is 44.2 Å². The van der Waals surface area contributed by atoms with Crippen LogP contribution in [0.5, 0.6) is 0 Å². The highest BCUT2D eigenvalue weighted by Crippen LogP contribution is 2.20. The Bertz CT molecular complexity index is 560. The van der Waals surface area contributed by atoms with E-state index in [0.717, 1.165) is 18.9 Å². The third-order valence-electron chi connectivity index (χ3n) is 4.73. The van der Waals surface area contributed by atoms with Gasteiger partial charge in [0.25, 0.3) is 5.91 Å². The molecule has 0 spiro atoms. The lowest BCUT2D eigenvalue weighted by Crippen LogP contribution is -2.42. The topological polar surface area (TPSA) is 92.4 Å². The zero-order valence-electron chi connectivity index (χ0n) is 13.3. The van der Waals surface area contributed by atoms with Gasteiger partial charge in [0.2, 0.25) is 5.91 Å². The van der Waals surface area contributed by atoms with Crippen LogP contribution in [0.2, 0.25) is 0 Å². The largest absolute Gasteiger partial charge is 0.369 e. The molecule has 0 bridgehead atoms. The van der Waals surface area contributed by atoms with Crippen LogP contribution in [0.4, 0.5) is 5.82 Å². The van der Waals surface area contributed by atoms with Crippen LogP contribution in [0.3, 0.4) is 0 Å². The molecule has 7 nitrogen and oxygen atoms in total. The number of hydrogen-bond acceptors (Lipinski definition) is 5. The van der Waals surface area contributed by atoms with Crippen molar-refractivity contribution in [1.82, 2.24) is 15.1 Å². The quantitative estimate of drug-likeness (QED) is 0.890. The average Bonchev–Trinajstić information content (AvgIpc) is 2.62. The fourth-order valence-corrected chi connectivity index (χ4v) is 3.26. The van der Waals surface area contributed by atoms with Crippen molar-refractivity contribution in [2.75, 3.05) is 31.1 Å². The van der Waals surface area contributed by atoms with Gasteiger partial charge in [-0.25, -0.2) is 0 Å². The summed E-state index contributed by atoms with van der Waals surface area (Å²) in [6.45, 7) is 3.09. The van der Waals surface area contributed by atoms with E-state index in [0.29, 0.717) is 31.6 Å². The summed E-state index contributed by atoms with van der Waals surface area (Å²) in [4.78, 5) is 27.6. The van der Waals surface area contributed by atoms with E-state index < -0.39 is 0 Å². The zero-order valence-corrected chi connectivity index (χ0v) is 13.3. The first kappa shape index (κ1) is 15.7. The molecule has 2 aliphatic heterocycles. The Morgan fingerprint density at radius 1 is 1.00 bits per heavy atom. The molecule has 3 heterocycles. The minimum atomic E-state index is -0.275. The molecule has 1 aromatic heterocycles. The van der Waals surface area contributed by atoms with Gasteiger partial charge < -0.3 is 15.5 Å². The molecule has 2 N–H and O–H groups in total. The van der Waals surface area contributed by atoms with Crippen molar-refractivity contribution in [3.8, 4) is 0 Å². The van der Waals surface area contributed by atoms with Crippen LogP contribution in [0, 0.1) is 5.92 Å². The van der Waals surface area contributed by atoms with E-state index in [4.69, 9.17) is 5.73 Å². The molecule has 0 aliphatic carbocycles. The number of nitrogens with two attached hydrogens (primary N) is 1. The fraction of sp³-hybridized carbons (Fsp3) is 0.625. The number of carbonyl (C=O) groups excluding carboxylic acids is 2. The average molecular weight is 317 g/mol. The highest BCUT2D eigenvalue weighted by atomic mass is 16.2. The molecule has 0 atom stereocenters. The van der Waals surface area contributed by atoms with Crippen molar-refractivity contribution >= 4 is 17.6 Å². The van der Waals surface area contributed by atoms with Gasteiger partial charge in [-0.15, -0.1) is 10.2 Å². The van der Waals surface area contributed by atoms with E-state index in [1.54, 1.807) is 11.0 Å². The number of nitrogens with zero attached hydrogens (tertiary/aromatic N) is 4. The molecule has 0 radical (unpaired) electrons. The molecule has 3 rings (SSSR count). The minimum Gasteiger partial charge on any atom is -0.369 e. The number of likely N-dealkylation sites (tertiary alicyclic amines) is 1. The van der Waals surface area contributed by atoms with Crippen LogP contribution in [0.15, 0.2) is 12.1 Å². The molecule has 124 valence electrons. The van der Waals surface area contributed by atoms with Gasteiger partial charge in [0.05, 0.1) is 0 Å². The smallest absolute Gasteiger partial charge is 0.274 e. The predicted octanol–water partition coefficient (Wildman–Crippen LogP) is 0.804. The third-order valence-corrected chi connectivity index (χ3v) is 4.73. The second-order valence-electron chi connectivity index (χ2n) is 6.29. The maximum absolute atomic E-state index is 12.5. The molecule has 0 unspecified atom stereocenters. The third kappa shape index (κ3) is 3.60. The van der Waals surface area contributed by atoms with Gasteiger partial charge in [0.15, 0.2) is 11.5 Å². The van der Waals surface area contributed by atoms with Crippen molar-refractivity contribution in [1.29, 1.82) is 0 Å². The number of carbonyl (C=O) groups is 2. The molecular formula is C16H23N5O2. The van der Waals surface area contributed by atoms with Gasteiger partial charge >= 0.3 is 0 Å². The van der Waals surface area contributed by atoms with Crippen LogP contribution >= 0.6 is 0 Å². The Morgan fingerprint density at radius 2 is 1.70 bits per heavy atom. The minimum absolute atomic E-state index is 0.119. The summed E-state index contributed by atoms with van der Waals surface area (Å²) in [7, 11) is 0. The van der Waals surface area contributed by atoms with Crippen molar-refractivity contribution in [2.24, 2.45) is 11.7 Å². The number of rotatable bonds is 3. The summed E-state index contributed by atoms with van der Waals surface area (Å²) in [5, 5.41) is 8.32. The lowest BCUT2D eigenvalue weighted by atomic mass is 9.96. The summed E-state index contributed by atoms with van der Waals surface area (Å²) in [6.07, 6.45) is 4.87. The lowest BCUT2D eigenvalue weighted by Gasteiger charge is -2.30. The van der Waals surface area contributed by atoms with E-state index in [-0.39, 0.29) is 17.7 Å². The molecule has 2 saturated heterocycles. The molecular weight excluding hydrogens is 294 g/mol. The molecule has 1 aromatic rings. The molecule has 0 saturated carbocycles. The Labute approximate surface area is 135 Å². The predicted molar refractivity (Wildman–Crippen MR) is 85.9 cm³/mol. The molecule has 23 heavy (non-hydrogen) atoms. The first-order valence-electron chi connectivity index (χ1n) is 8.32. The van der Waals surface area contributed by atoms with Gasteiger partial charge in [-0.3, -0.25) is 9.59 Å². The normalized spacial score (nSPS) is 19.7. The number of hydrogen-bond donors (Lipinski definition) is 1. The van der Waals surface area contributed by atoms with E-state index >= 15 is 0 Å². The van der Waals surface area contributed by atoms with Crippen molar-refractivity contribution in [3.63, 3.8) is 0 Å². The van der Waals surface area contributed by atoms with Crippen molar-refractivity contribution in [2.45, 2.75) is 32.1 Å². The van der Waals surface area contributed by atoms with Gasteiger partial charge in [-0.2, -0.15) is 0 Å². The lowest BCUT2D eigenvalue weighted by molar-refractivity contribution is -0.123. The van der Waals surface area contributed by atoms with E-state index in [1.165, 1.54) is 19.3 Å². The summed E-state index contributed by atoms with van der Waals surface area (Å²) < 4.78 is 0. The first-order valence-corrected chi connectivity index (χ1v) is 8.32. The number of piperidine rings is 2. The van der Waals surface area contributed by atoms with Crippen molar-refractivity contribution in [3.05, 3.63) is 17.8 Å². The van der Waals surface area contributed by atoms with Crippen molar-refractivity contribution < 1.29 is 9.59 Å². The van der Waals surface area contributed by atoms with Crippen LogP contribution in [0.25, 0.3) is 0 Å².